The molecule has 1 fully saturated rings. The molecule has 2 aromatic carbocycles. The van der Waals surface area contributed by atoms with Crippen LogP contribution in [0.15, 0.2) is 48.5 Å². The number of alkyl carbamates (subject to hydrolysis) is 1. The number of fused-ring (bicyclic) bond motifs is 3. The quantitative estimate of drug-likeness (QED) is 0.897. The second kappa shape index (κ2) is 6.24. The second-order valence-corrected chi connectivity index (χ2v) is 6.60. The molecule has 4 rings (SSSR count). The number of aliphatic carboxylic acids is 1. The summed E-state index contributed by atoms with van der Waals surface area (Å²) in [5.74, 6) is -1.36. The molecule has 5 nitrogen and oxygen atoms in total. The first-order valence-corrected chi connectivity index (χ1v) is 8.49. The minimum absolute atomic E-state index is 0.00908. The first-order valence-electron chi connectivity index (χ1n) is 8.49. The number of carboxylic acid groups (broad SMARTS) is 1. The zero-order chi connectivity index (χ0) is 17.4. The van der Waals surface area contributed by atoms with Crippen LogP contribution < -0.4 is 5.32 Å². The molecule has 0 aromatic heterocycles. The molecule has 128 valence electrons. The molecule has 0 heterocycles. The van der Waals surface area contributed by atoms with Gasteiger partial charge in [-0.3, -0.25) is 4.79 Å². The molecule has 2 atom stereocenters. The van der Waals surface area contributed by atoms with Crippen LogP contribution >= 0.6 is 0 Å². The molecule has 0 bridgehead atoms. The van der Waals surface area contributed by atoms with E-state index in [0.717, 1.165) is 11.1 Å². The number of carboxylic acids is 1. The highest BCUT2D eigenvalue weighted by molar-refractivity contribution is 5.79. The van der Waals surface area contributed by atoms with E-state index >= 15 is 0 Å². The number of ether oxygens (including phenoxy) is 1. The van der Waals surface area contributed by atoms with Crippen molar-refractivity contribution in [3.63, 3.8) is 0 Å². The number of rotatable bonds is 4. The summed E-state index contributed by atoms with van der Waals surface area (Å²) in [4.78, 5) is 23.1. The SMILES string of the molecule is O=C(N[C@H]1CC[C@@H]1C(=O)O)OCC1c2ccccc2-c2ccccc21. The molecule has 1 amide bonds. The van der Waals surface area contributed by atoms with Crippen molar-refractivity contribution in [1.82, 2.24) is 5.32 Å². The molecule has 2 aliphatic carbocycles. The molecular weight excluding hydrogens is 318 g/mol. The maximum absolute atomic E-state index is 12.1. The summed E-state index contributed by atoms with van der Waals surface area (Å²) >= 11 is 0. The standard InChI is InChI=1S/C20H19NO4/c22-19(23)16-9-10-18(16)21-20(24)25-11-17-14-7-3-1-5-12(14)13-6-2-4-8-15(13)17/h1-8,16-18H,9-11H2,(H,21,24)(H,22,23)/t16-,18-/m0/s1. The maximum atomic E-state index is 12.1. The van der Waals surface area contributed by atoms with Crippen LogP contribution in [0, 0.1) is 5.92 Å². The van der Waals surface area contributed by atoms with Crippen LogP contribution in [0.2, 0.25) is 0 Å². The fraction of sp³-hybridized carbons (Fsp3) is 0.300. The molecule has 0 unspecified atom stereocenters. The number of nitrogens with one attached hydrogen (secondary N) is 1. The Hall–Kier alpha value is -2.82. The highest BCUT2D eigenvalue weighted by Gasteiger charge is 2.38. The molecule has 5 heteroatoms. The zero-order valence-electron chi connectivity index (χ0n) is 13.6. The highest BCUT2D eigenvalue weighted by atomic mass is 16.5. The van der Waals surface area contributed by atoms with E-state index in [1.165, 1.54) is 11.1 Å². The van der Waals surface area contributed by atoms with E-state index < -0.39 is 18.0 Å². The van der Waals surface area contributed by atoms with Crippen molar-refractivity contribution in [3.8, 4) is 11.1 Å². The monoisotopic (exact) mass is 337 g/mol. The minimum Gasteiger partial charge on any atom is -0.481 e. The van der Waals surface area contributed by atoms with Crippen LogP contribution in [-0.2, 0) is 9.53 Å². The Labute approximate surface area is 145 Å². The number of carbonyl (C=O) groups excluding carboxylic acids is 1. The van der Waals surface area contributed by atoms with Crippen LogP contribution in [0.1, 0.15) is 29.9 Å². The van der Waals surface area contributed by atoms with Gasteiger partial charge in [-0.05, 0) is 35.1 Å². The molecule has 25 heavy (non-hydrogen) atoms. The van der Waals surface area contributed by atoms with E-state index in [4.69, 9.17) is 9.84 Å². The Bertz CT molecular complexity index is 786. The molecule has 0 radical (unpaired) electrons. The average Bonchev–Trinajstić information content (AvgIpc) is 2.90. The van der Waals surface area contributed by atoms with Gasteiger partial charge in [0.15, 0.2) is 0 Å². The lowest BCUT2D eigenvalue weighted by Crippen LogP contribution is -2.50. The van der Waals surface area contributed by atoms with E-state index in [9.17, 15) is 9.59 Å². The van der Waals surface area contributed by atoms with Gasteiger partial charge >= 0.3 is 12.1 Å². The topological polar surface area (TPSA) is 75.6 Å². The van der Waals surface area contributed by atoms with Crippen LogP contribution in [0.5, 0.6) is 0 Å². The van der Waals surface area contributed by atoms with Gasteiger partial charge < -0.3 is 15.2 Å². The summed E-state index contributed by atoms with van der Waals surface area (Å²) in [6, 6.07) is 16.0. The first-order chi connectivity index (χ1) is 12.1. The fourth-order valence-corrected chi connectivity index (χ4v) is 3.76. The van der Waals surface area contributed by atoms with Gasteiger partial charge in [0.05, 0.1) is 5.92 Å². The summed E-state index contributed by atoms with van der Waals surface area (Å²) < 4.78 is 5.43. The normalized spacial score (nSPS) is 21.0. The summed E-state index contributed by atoms with van der Waals surface area (Å²) in [5.41, 5.74) is 4.67. The lowest BCUT2D eigenvalue weighted by Gasteiger charge is -2.33. The van der Waals surface area contributed by atoms with E-state index in [0.29, 0.717) is 12.8 Å². The largest absolute Gasteiger partial charge is 0.481 e. The van der Waals surface area contributed by atoms with Crippen molar-refractivity contribution in [2.24, 2.45) is 5.92 Å². The third kappa shape index (κ3) is 2.76. The Morgan fingerprint density at radius 1 is 1.00 bits per heavy atom. The van der Waals surface area contributed by atoms with Crippen molar-refractivity contribution >= 4 is 12.1 Å². The average molecular weight is 337 g/mol. The Morgan fingerprint density at radius 2 is 1.60 bits per heavy atom. The third-order valence-corrected chi connectivity index (χ3v) is 5.24. The van der Waals surface area contributed by atoms with Crippen LogP contribution in [-0.4, -0.2) is 29.8 Å². The maximum Gasteiger partial charge on any atom is 0.407 e. The number of hydrogen-bond donors (Lipinski definition) is 2. The van der Waals surface area contributed by atoms with Crippen molar-refractivity contribution in [1.29, 1.82) is 0 Å². The van der Waals surface area contributed by atoms with E-state index in [2.05, 4.69) is 29.6 Å². The Morgan fingerprint density at radius 3 is 2.12 bits per heavy atom. The van der Waals surface area contributed by atoms with Crippen molar-refractivity contribution < 1.29 is 19.4 Å². The first kappa shape index (κ1) is 15.7. The molecule has 0 spiro atoms. The number of carbonyl (C=O) groups is 2. The summed E-state index contributed by atoms with van der Waals surface area (Å²) in [6.07, 6.45) is 0.739. The minimum atomic E-state index is -0.866. The Kier molecular flexibility index (Phi) is 3.92. The fourth-order valence-electron chi connectivity index (χ4n) is 3.76. The van der Waals surface area contributed by atoms with Crippen LogP contribution in [0.25, 0.3) is 11.1 Å². The lowest BCUT2D eigenvalue weighted by atomic mass is 9.80. The van der Waals surface area contributed by atoms with E-state index in [1.54, 1.807) is 0 Å². The van der Waals surface area contributed by atoms with Gasteiger partial charge in [0, 0.05) is 12.0 Å². The highest BCUT2D eigenvalue weighted by Crippen LogP contribution is 2.44. The molecule has 2 N–H and O–H groups in total. The van der Waals surface area contributed by atoms with Gasteiger partial charge in [-0.25, -0.2) is 4.79 Å². The predicted octanol–water partition coefficient (Wildman–Crippen LogP) is 3.39. The summed E-state index contributed by atoms with van der Waals surface area (Å²) in [5, 5.41) is 11.7. The number of hydrogen-bond acceptors (Lipinski definition) is 3. The molecule has 1 saturated carbocycles. The van der Waals surface area contributed by atoms with E-state index in [-0.39, 0.29) is 18.6 Å². The summed E-state index contributed by atoms with van der Waals surface area (Å²) in [6.45, 7) is 0.240. The van der Waals surface area contributed by atoms with Crippen LogP contribution in [0.4, 0.5) is 4.79 Å². The molecule has 0 saturated heterocycles. The van der Waals surface area contributed by atoms with Crippen molar-refractivity contribution in [2.75, 3.05) is 6.61 Å². The third-order valence-electron chi connectivity index (χ3n) is 5.24. The van der Waals surface area contributed by atoms with E-state index in [1.807, 2.05) is 24.3 Å². The molecular formula is C20H19NO4. The molecule has 2 aromatic rings. The van der Waals surface area contributed by atoms with Crippen molar-refractivity contribution in [3.05, 3.63) is 59.7 Å². The smallest absolute Gasteiger partial charge is 0.407 e. The molecule has 0 aliphatic heterocycles. The van der Waals surface area contributed by atoms with Gasteiger partial charge in [-0.15, -0.1) is 0 Å². The van der Waals surface area contributed by atoms with Crippen molar-refractivity contribution in [2.45, 2.75) is 24.8 Å². The zero-order valence-corrected chi connectivity index (χ0v) is 13.6. The number of amides is 1. The second-order valence-electron chi connectivity index (χ2n) is 6.60. The number of benzene rings is 2. The van der Waals surface area contributed by atoms with Gasteiger partial charge in [-0.1, -0.05) is 48.5 Å². The summed E-state index contributed by atoms with van der Waals surface area (Å²) in [7, 11) is 0. The lowest BCUT2D eigenvalue weighted by molar-refractivity contribution is -0.145. The van der Waals surface area contributed by atoms with Gasteiger partial charge in [0.25, 0.3) is 0 Å². The van der Waals surface area contributed by atoms with Gasteiger partial charge in [0.1, 0.15) is 6.61 Å². The predicted molar refractivity (Wildman–Crippen MR) is 92.4 cm³/mol. The van der Waals surface area contributed by atoms with Gasteiger partial charge in [-0.2, -0.15) is 0 Å². The van der Waals surface area contributed by atoms with Gasteiger partial charge in [0.2, 0.25) is 0 Å². The van der Waals surface area contributed by atoms with Crippen LogP contribution in [0.3, 0.4) is 0 Å². The Balaban J connectivity index is 1.45. The molecule has 2 aliphatic rings.